The van der Waals surface area contributed by atoms with E-state index in [9.17, 15) is 0 Å². The molecule has 4 nitrogen and oxygen atoms in total. The van der Waals surface area contributed by atoms with E-state index in [0.29, 0.717) is 0 Å². The number of benzene rings is 1. The van der Waals surface area contributed by atoms with E-state index < -0.39 is 0 Å². The molecule has 1 aliphatic heterocycles. The Morgan fingerprint density at radius 2 is 2.06 bits per heavy atom. The van der Waals surface area contributed by atoms with E-state index in [2.05, 4.69) is 32.8 Å². The second-order valence-electron chi connectivity index (χ2n) is 4.44. The number of fused-ring (bicyclic) bond motifs is 1. The highest BCUT2D eigenvalue weighted by molar-refractivity contribution is 5.77. The molecular weight excluding hydrogens is 226 g/mol. The van der Waals surface area contributed by atoms with Crippen LogP contribution < -0.4 is 0 Å². The Bertz CT molecular complexity index is 541. The summed E-state index contributed by atoms with van der Waals surface area (Å²) in [4.78, 5) is 6.75. The minimum absolute atomic E-state index is 0.849. The fourth-order valence-electron chi connectivity index (χ4n) is 2.19. The third-order valence-electron chi connectivity index (χ3n) is 3.21. The van der Waals surface area contributed by atoms with Crippen LogP contribution in [0.2, 0.25) is 0 Å². The molecule has 0 aliphatic carbocycles. The van der Waals surface area contributed by atoms with E-state index in [4.69, 9.17) is 4.74 Å². The van der Waals surface area contributed by atoms with Crippen LogP contribution in [0.15, 0.2) is 36.7 Å². The van der Waals surface area contributed by atoms with Crippen molar-refractivity contribution in [2.24, 2.45) is 0 Å². The number of nitrogens with zero attached hydrogens (tertiary/aromatic N) is 3. The second-order valence-corrected chi connectivity index (χ2v) is 4.44. The summed E-state index contributed by atoms with van der Waals surface area (Å²) < 4.78 is 7.39. The standard InChI is InChI=1S/C14H17N3O/c1-2-5-14-13(4-1)15-12-17(14)7-3-6-16-8-10-18-11-9-16/h1-5,7,12H,6,8-11H2/b7-3+. The second kappa shape index (κ2) is 5.33. The molecule has 0 N–H and O–H groups in total. The Balaban J connectivity index is 1.68. The summed E-state index contributed by atoms with van der Waals surface area (Å²) in [5, 5.41) is 0. The van der Waals surface area contributed by atoms with Gasteiger partial charge in [0.2, 0.25) is 0 Å². The zero-order valence-electron chi connectivity index (χ0n) is 10.3. The number of aromatic nitrogens is 2. The van der Waals surface area contributed by atoms with Crippen molar-refractivity contribution in [1.29, 1.82) is 0 Å². The van der Waals surface area contributed by atoms with E-state index in [0.717, 1.165) is 43.9 Å². The summed E-state index contributed by atoms with van der Waals surface area (Å²) >= 11 is 0. The minimum Gasteiger partial charge on any atom is -0.379 e. The molecule has 0 amide bonds. The molecule has 1 saturated heterocycles. The quantitative estimate of drug-likeness (QED) is 0.824. The highest BCUT2D eigenvalue weighted by Crippen LogP contribution is 2.11. The lowest BCUT2D eigenvalue weighted by molar-refractivity contribution is 0.0435. The SMILES string of the molecule is C(=C\n1cnc2ccccc21)/CN1CCOCC1. The van der Waals surface area contributed by atoms with E-state index in [1.807, 2.05) is 24.5 Å². The zero-order chi connectivity index (χ0) is 12.2. The van der Waals surface area contributed by atoms with Gasteiger partial charge in [-0.25, -0.2) is 4.98 Å². The monoisotopic (exact) mass is 243 g/mol. The lowest BCUT2D eigenvalue weighted by Crippen LogP contribution is -2.36. The van der Waals surface area contributed by atoms with Crippen molar-refractivity contribution in [1.82, 2.24) is 14.5 Å². The van der Waals surface area contributed by atoms with Gasteiger partial charge in [-0.3, -0.25) is 4.90 Å². The summed E-state index contributed by atoms with van der Waals surface area (Å²) in [6.45, 7) is 4.71. The average molecular weight is 243 g/mol. The van der Waals surface area contributed by atoms with E-state index in [1.54, 1.807) is 0 Å². The first-order valence-electron chi connectivity index (χ1n) is 6.32. The molecule has 1 fully saturated rings. The van der Waals surface area contributed by atoms with Gasteiger partial charge in [-0.15, -0.1) is 0 Å². The summed E-state index contributed by atoms with van der Waals surface area (Å²) in [5.41, 5.74) is 2.18. The van der Waals surface area contributed by atoms with Crippen LogP contribution in [-0.2, 0) is 4.74 Å². The van der Waals surface area contributed by atoms with Crippen LogP contribution in [0.25, 0.3) is 17.2 Å². The largest absolute Gasteiger partial charge is 0.379 e. The van der Waals surface area contributed by atoms with Crippen molar-refractivity contribution < 1.29 is 4.74 Å². The van der Waals surface area contributed by atoms with Crippen LogP contribution in [-0.4, -0.2) is 47.3 Å². The predicted molar refractivity (Wildman–Crippen MR) is 72.3 cm³/mol. The number of ether oxygens (including phenoxy) is 1. The summed E-state index contributed by atoms with van der Waals surface area (Å²) in [5.74, 6) is 0. The molecule has 0 bridgehead atoms. The molecule has 2 aromatic rings. The maximum absolute atomic E-state index is 5.33. The first-order chi connectivity index (χ1) is 8.93. The molecule has 2 heterocycles. The summed E-state index contributed by atoms with van der Waals surface area (Å²) in [6.07, 6.45) is 6.13. The lowest BCUT2D eigenvalue weighted by Gasteiger charge is -2.25. The van der Waals surface area contributed by atoms with Crippen LogP contribution in [0.5, 0.6) is 0 Å². The minimum atomic E-state index is 0.849. The molecule has 0 unspecified atom stereocenters. The maximum Gasteiger partial charge on any atom is 0.0999 e. The molecule has 1 aromatic heterocycles. The molecule has 18 heavy (non-hydrogen) atoms. The van der Waals surface area contributed by atoms with E-state index >= 15 is 0 Å². The van der Waals surface area contributed by atoms with Gasteiger partial charge in [0.1, 0.15) is 0 Å². The molecule has 0 saturated carbocycles. The molecule has 4 heteroatoms. The molecule has 3 rings (SSSR count). The van der Waals surface area contributed by atoms with Crippen LogP contribution in [0.3, 0.4) is 0 Å². The van der Waals surface area contributed by atoms with E-state index in [1.165, 1.54) is 0 Å². The number of hydrogen-bond donors (Lipinski definition) is 0. The van der Waals surface area contributed by atoms with Gasteiger partial charge < -0.3 is 9.30 Å². The van der Waals surface area contributed by atoms with Crippen molar-refractivity contribution in [2.75, 3.05) is 32.8 Å². The Labute approximate surface area is 106 Å². The Kier molecular flexibility index (Phi) is 3.39. The lowest BCUT2D eigenvalue weighted by atomic mass is 10.3. The fraction of sp³-hybridized carbons (Fsp3) is 0.357. The van der Waals surface area contributed by atoms with Crippen molar-refractivity contribution in [3.63, 3.8) is 0 Å². The number of rotatable bonds is 3. The average Bonchev–Trinajstić information content (AvgIpc) is 2.84. The number of morpholine rings is 1. The van der Waals surface area contributed by atoms with Gasteiger partial charge in [0.25, 0.3) is 0 Å². The Hall–Kier alpha value is -1.65. The highest BCUT2D eigenvalue weighted by Gasteiger charge is 2.07. The molecule has 94 valence electrons. The van der Waals surface area contributed by atoms with Crippen LogP contribution >= 0.6 is 0 Å². The maximum atomic E-state index is 5.33. The smallest absolute Gasteiger partial charge is 0.0999 e. The topological polar surface area (TPSA) is 30.3 Å². The van der Waals surface area contributed by atoms with Gasteiger partial charge in [-0.1, -0.05) is 18.2 Å². The van der Waals surface area contributed by atoms with Gasteiger partial charge in [-0.2, -0.15) is 0 Å². The third-order valence-corrected chi connectivity index (χ3v) is 3.21. The molecule has 0 radical (unpaired) electrons. The summed E-state index contributed by atoms with van der Waals surface area (Å²) in [6, 6.07) is 8.16. The van der Waals surface area contributed by atoms with Crippen LogP contribution in [0, 0.1) is 0 Å². The van der Waals surface area contributed by atoms with Crippen molar-refractivity contribution >= 4 is 17.2 Å². The molecule has 0 spiro atoms. The van der Waals surface area contributed by atoms with Crippen molar-refractivity contribution in [3.8, 4) is 0 Å². The first kappa shape index (κ1) is 11.4. The van der Waals surface area contributed by atoms with Crippen molar-refractivity contribution in [2.45, 2.75) is 0 Å². The van der Waals surface area contributed by atoms with Crippen LogP contribution in [0.1, 0.15) is 0 Å². The molecule has 1 aromatic carbocycles. The fourth-order valence-corrected chi connectivity index (χ4v) is 2.19. The Morgan fingerprint density at radius 3 is 2.94 bits per heavy atom. The van der Waals surface area contributed by atoms with Gasteiger partial charge in [0.05, 0.1) is 30.6 Å². The third kappa shape index (κ3) is 2.44. The van der Waals surface area contributed by atoms with Gasteiger partial charge in [0.15, 0.2) is 0 Å². The van der Waals surface area contributed by atoms with Crippen molar-refractivity contribution in [3.05, 3.63) is 36.7 Å². The molecular formula is C14H17N3O. The van der Waals surface area contributed by atoms with E-state index in [-0.39, 0.29) is 0 Å². The summed E-state index contributed by atoms with van der Waals surface area (Å²) in [7, 11) is 0. The van der Waals surface area contributed by atoms with Gasteiger partial charge >= 0.3 is 0 Å². The predicted octanol–water partition coefficient (Wildman–Crippen LogP) is 1.84. The Morgan fingerprint density at radius 1 is 1.22 bits per heavy atom. The molecule has 0 atom stereocenters. The number of hydrogen-bond acceptors (Lipinski definition) is 3. The zero-order valence-corrected chi connectivity index (χ0v) is 10.3. The number of para-hydroxylation sites is 2. The molecule has 1 aliphatic rings. The highest BCUT2D eigenvalue weighted by atomic mass is 16.5. The first-order valence-corrected chi connectivity index (χ1v) is 6.32. The number of imidazole rings is 1. The van der Waals surface area contributed by atoms with Gasteiger partial charge in [-0.05, 0) is 12.1 Å². The normalized spacial score (nSPS) is 17.8. The van der Waals surface area contributed by atoms with Gasteiger partial charge in [0, 0.05) is 25.8 Å². The van der Waals surface area contributed by atoms with Crippen LogP contribution in [0.4, 0.5) is 0 Å².